The number of nitrogens with one attached hydrogen (secondary N) is 3. The number of carbonyl (C=O) groups is 1. The van der Waals surface area contributed by atoms with Crippen molar-refractivity contribution >= 4 is 27.3 Å². The second-order valence-corrected chi connectivity index (χ2v) is 8.62. The van der Waals surface area contributed by atoms with E-state index in [-0.39, 0.29) is 16.8 Å². The van der Waals surface area contributed by atoms with E-state index in [1.165, 1.54) is 12.1 Å². The van der Waals surface area contributed by atoms with E-state index in [1.807, 2.05) is 32.0 Å². The predicted octanol–water partition coefficient (Wildman–Crippen LogP) is 3.43. The van der Waals surface area contributed by atoms with Gasteiger partial charge in [-0.2, -0.15) is 0 Å². The topological polar surface area (TPSA) is 87.3 Å². The highest BCUT2D eigenvalue weighted by Gasteiger charge is 2.17. The zero-order valence-corrected chi connectivity index (χ0v) is 17.1. The van der Waals surface area contributed by atoms with Crippen LogP contribution in [0.15, 0.2) is 47.4 Å². The van der Waals surface area contributed by atoms with Crippen LogP contribution in [0.25, 0.3) is 0 Å². The Morgan fingerprint density at radius 1 is 0.963 bits per heavy atom. The highest BCUT2D eigenvalue weighted by atomic mass is 32.2. The van der Waals surface area contributed by atoms with Gasteiger partial charge in [-0.15, -0.1) is 0 Å². The van der Waals surface area contributed by atoms with Crippen molar-refractivity contribution < 1.29 is 13.2 Å². The first-order valence-electron chi connectivity index (χ1n) is 8.86. The summed E-state index contributed by atoms with van der Waals surface area (Å²) in [5.41, 5.74) is 3.71. The van der Waals surface area contributed by atoms with Crippen molar-refractivity contribution in [1.82, 2.24) is 4.72 Å². The maximum Gasteiger partial charge on any atom is 0.246 e. The molecule has 0 saturated heterocycles. The van der Waals surface area contributed by atoms with E-state index in [1.54, 1.807) is 32.9 Å². The number of amides is 1. The molecule has 0 unspecified atom stereocenters. The van der Waals surface area contributed by atoms with E-state index >= 15 is 0 Å². The molecule has 146 valence electrons. The normalized spacial score (nSPS) is 12.7. The number of rotatable bonds is 7. The first kappa shape index (κ1) is 20.9. The minimum atomic E-state index is -3.55. The average Bonchev–Trinajstić information content (AvgIpc) is 2.58. The van der Waals surface area contributed by atoms with Crippen molar-refractivity contribution in [3.8, 4) is 0 Å². The Balaban J connectivity index is 2.04. The second kappa shape index (κ2) is 8.54. The molecular formula is C20H27N3O3S. The molecule has 1 amide bonds. The number of aryl methyl sites for hydroxylation is 1. The van der Waals surface area contributed by atoms with Gasteiger partial charge < -0.3 is 10.6 Å². The highest BCUT2D eigenvalue weighted by molar-refractivity contribution is 7.89. The number of sulfonamides is 1. The third kappa shape index (κ3) is 5.55. The van der Waals surface area contributed by atoms with E-state index in [0.717, 1.165) is 16.8 Å². The van der Waals surface area contributed by atoms with Gasteiger partial charge in [-0.05, 0) is 76.1 Å². The molecular weight excluding hydrogens is 362 g/mol. The van der Waals surface area contributed by atoms with Gasteiger partial charge in [0.15, 0.2) is 0 Å². The monoisotopic (exact) mass is 389 g/mol. The smallest absolute Gasteiger partial charge is 0.246 e. The lowest BCUT2D eigenvalue weighted by Gasteiger charge is -2.18. The van der Waals surface area contributed by atoms with Gasteiger partial charge in [0.1, 0.15) is 6.04 Å². The molecule has 0 saturated carbocycles. The van der Waals surface area contributed by atoms with Crippen LogP contribution in [0.5, 0.6) is 0 Å². The molecule has 2 aromatic carbocycles. The van der Waals surface area contributed by atoms with Crippen LogP contribution in [-0.4, -0.2) is 26.4 Å². The number of anilines is 2. The van der Waals surface area contributed by atoms with Crippen molar-refractivity contribution in [1.29, 1.82) is 0 Å². The van der Waals surface area contributed by atoms with Crippen LogP contribution in [0.2, 0.25) is 0 Å². The molecule has 6 nitrogen and oxygen atoms in total. The molecule has 0 spiro atoms. The minimum Gasteiger partial charge on any atom is -0.374 e. The summed E-state index contributed by atoms with van der Waals surface area (Å²) in [6, 6.07) is 11.4. The van der Waals surface area contributed by atoms with Crippen LogP contribution in [0.3, 0.4) is 0 Å². The van der Waals surface area contributed by atoms with E-state index in [4.69, 9.17) is 0 Å². The van der Waals surface area contributed by atoms with Crippen LogP contribution in [0.4, 0.5) is 11.4 Å². The van der Waals surface area contributed by atoms with Gasteiger partial charge in [-0.1, -0.05) is 12.1 Å². The molecule has 0 aromatic heterocycles. The van der Waals surface area contributed by atoms with Gasteiger partial charge >= 0.3 is 0 Å². The Hall–Kier alpha value is -2.38. The van der Waals surface area contributed by atoms with Gasteiger partial charge in [-0.25, -0.2) is 13.1 Å². The Kier molecular flexibility index (Phi) is 6.62. The zero-order chi connectivity index (χ0) is 20.2. The van der Waals surface area contributed by atoms with Crippen molar-refractivity contribution in [2.75, 3.05) is 10.6 Å². The first-order chi connectivity index (χ1) is 12.6. The van der Waals surface area contributed by atoms with Crippen LogP contribution in [0.1, 0.15) is 31.9 Å². The minimum absolute atomic E-state index is 0.163. The molecule has 0 aliphatic heterocycles. The van der Waals surface area contributed by atoms with Crippen molar-refractivity contribution in [3.05, 3.63) is 53.6 Å². The average molecular weight is 390 g/mol. The van der Waals surface area contributed by atoms with Crippen molar-refractivity contribution in [3.63, 3.8) is 0 Å². The van der Waals surface area contributed by atoms with Gasteiger partial charge in [-0.3, -0.25) is 4.79 Å². The number of hydrogen-bond donors (Lipinski definition) is 3. The lowest BCUT2D eigenvalue weighted by Crippen LogP contribution is -2.32. The number of carbonyl (C=O) groups excluding carboxylic acids is 1. The summed E-state index contributed by atoms with van der Waals surface area (Å²) >= 11 is 0. The largest absolute Gasteiger partial charge is 0.374 e. The zero-order valence-electron chi connectivity index (χ0n) is 16.3. The molecule has 0 bridgehead atoms. The number of hydrogen-bond acceptors (Lipinski definition) is 4. The number of benzene rings is 2. The SMILES string of the molecule is Cc1cccc(N[C@@H](C)C(=O)Nc2ccc(S(=O)(=O)NC(C)C)cc2)c1C. The molecule has 0 heterocycles. The summed E-state index contributed by atoms with van der Waals surface area (Å²) in [6.45, 7) is 9.33. The van der Waals surface area contributed by atoms with Gasteiger partial charge in [0.25, 0.3) is 0 Å². The summed E-state index contributed by atoms with van der Waals surface area (Å²) < 4.78 is 26.8. The van der Waals surface area contributed by atoms with E-state index in [0.29, 0.717) is 5.69 Å². The highest BCUT2D eigenvalue weighted by Crippen LogP contribution is 2.19. The summed E-state index contributed by atoms with van der Waals surface area (Å²) in [7, 11) is -3.55. The molecule has 0 aliphatic carbocycles. The molecule has 7 heteroatoms. The van der Waals surface area contributed by atoms with E-state index in [2.05, 4.69) is 15.4 Å². The molecule has 0 aliphatic rings. The van der Waals surface area contributed by atoms with Crippen LogP contribution in [-0.2, 0) is 14.8 Å². The fraction of sp³-hybridized carbons (Fsp3) is 0.350. The molecule has 0 radical (unpaired) electrons. The molecule has 0 fully saturated rings. The van der Waals surface area contributed by atoms with Gasteiger partial charge in [0.05, 0.1) is 4.90 Å². The molecule has 1 atom stereocenters. The summed E-state index contributed by atoms with van der Waals surface area (Å²) in [6.07, 6.45) is 0. The van der Waals surface area contributed by atoms with Gasteiger partial charge in [0.2, 0.25) is 15.9 Å². The Bertz CT molecular complexity index is 907. The summed E-state index contributed by atoms with van der Waals surface area (Å²) in [5, 5.41) is 6.01. The Morgan fingerprint density at radius 2 is 1.59 bits per heavy atom. The third-order valence-electron chi connectivity index (χ3n) is 4.19. The Morgan fingerprint density at radius 3 is 2.19 bits per heavy atom. The van der Waals surface area contributed by atoms with Crippen LogP contribution in [0, 0.1) is 13.8 Å². The van der Waals surface area contributed by atoms with Gasteiger partial charge in [0, 0.05) is 17.4 Å². The maximum atomic E-state index is 12.4. The standard InChI is InChI=1S/C20H27N3O3S/c1-13(2)23-27(25,26)18-11-9-17(10-12-18)22-20(24)16(5)21-19-8-6-7-14(3)15(19)4/h6-13,16,21,23H,1-5H3,(H,22,24)/t16-/m0/s1. The third-order valence-corrected chi connectivity index (χ3v) is 5.87. The molecule has 27 heavy (non-hydrogen) atoms. The molecule has 3 N–H and O–H groups in total. The molecule has 2 rings (SSSR count). The van der Waals surface area contributed by atoms with E-state index in [9.17, 15) is 13.2 Å². The fourth-order valence-electron chi connectivity index (χ4n) is 2.55. The maximum absolute atomic E-state index is 12.4. The van der Waals surface area contributed by atoms with Crippen LogP contribution < -0.4 is 15.4 Å². The van der Waals surface area contributed by atoms with E-state index < -0.39 is 16.1 Å². The Labute approximate surface area is 161 Å². The quantitative estimate of drug-likeness (QED) is 0.677. The predicted molar refractivity (Wildman–Crippen MR) is 110 cm³/mol. The van der Waals surface area contributed by atoms with Crippen LogP contribution >= 0.6 is 0 Å². The first-order valence-corrected chi connectivity index (χ1v) is 10.3. The molecule has 2 aromatic rings. The van der Waals surface area contributed by atoms with Crippen molar-refractivity contribution in [2.45, 2.75) is 51.6 Å². The lowest BCUT2D eigenvalue weighted by molar-refractivity contribution is -0.116. The summed E-state index contributed by atoms with van der Waals surface area (Å²) in [5.74, 6) is -0.202. The lowest BCUT2D eigenvalue weighted by atomic mass is 10.1. The van der Waals surface area contributed by atoms with Crippen molar-refractivity contribution in [2.24, 2.45) is 0 Å². The summed E-state index contributed by atoms with van der Waals surface area (Å²) in [4.78, 5) is 12.6. The fourth-order valence-corrected chi connectivity index (χ4v) is 3.80. The second-order valence-electron chi connectivity index (χ2n) is 6.90.